The summed E-state index contributed by atoms with van der Waals surface area (Å²) < 4.78 is 0. The van der Waals surface area contributed by atoms with Gasteiger partial charge in [0, 0.05) is 6.42 Å². The van der Waals surface area contributed by atoms with Crippen LogP contribution in [0.3, 0.4) is 0 Å². The van der Waals surface area contributed by atoms with Crippen molar-refractivity contribution < 1.29 is 5.11 Å². The Morgan fingerprint density at radius 1 is 1.58 bits per heavy atom. The lowest BCUT2D eigenvalue weighted by Gasteiger charge is -2.21. The Bertz CT molecular complexity index is 199. The zero-order chi connectivity index (χ0) is 9.03. The first-order valence-corrected chi connectivity index (χ1v) is 4.74. The molecule has 1 heteroatoms. The van der Waals surface area contributed by atoms with E-state index in [4.69, 9.17) is 0 Å². The molecule has 2 atom stereocenters. The summed E-state index contributed by atoms with van der Waals surface area (Å²) in [6.07, 6.45) is 5.20. The third kappa shape index (κ3) is 2.53. The highest BCUT2D eigenvalue weighted by atomic mass is 16.3. The Labute approximate surface area is 75.2 Å². The fourth-order valence-corrected chi connectivity index (χ4v) is 2.00. The molecule has 0 spiro atoms. The van der Waals surface area contributed by atoms with E-state index >= 15 is 0 Å². The third-order valence-electron chi connectivity index (χ3n) is 2.84. The van der Waals surface area contributed by atoms with Crippen LogP contribution in [0.5, 0.6) is 0 Å². The molecule has 1 saturated carbocycles. The van der Waals surface area contributed by atoms with Crippen molar-refractivity contribution in [3.63, 3.8) is 0 Å². The van der Waals surface area contributed by atoms with Crippen LogP contribution < -0.4 is 0 Å². The SMILES string of the molecule is CC#CCCC1(C)CCC(O)C1. The molecule has 0 aromatic rings. The molecule has 68 valence electrons. The standard InChI is InChI=1S/C11H18O/c1-3-4-5-7-11(2)8-6-10(12)9-11/h10,12H,5-9H2,1-2H3. The smallest absolute Gasteiger partial charge is 0.0545 e. The number of hydrogen-bond donors (Lipinski definition) is 1. The van der Waals surface area contributed by atoms with E-state index in [1.54, 1.807) is 0 Å². The number of aliphatic hydroxyl groups is 1. The summed E-state index contributed by atoms with van der Waals surface area (Å²) in [5.74, 6) is 5.99. The normalized spacial score (nSPS) is 34.4. The van der Waals surface area contributed by atoms with E-state index in [1.807, 2.05) is 6.92 Å². The van der Waals surface area contributed by atoms with Crippen LogP contribution in [0.2, 0.25) is 0 Å². The molecule has 0 radical (unpaired) electrons. The van der Waals surface area contributed by atoms with Gasteiger partial charge in [-0.25, -0.2) is 0 Å². The van der Waals surface area contributed by atoms with Gasteiger partial charge in [-0.05, 0) is 38.0 Å². The lowest BCUT2D eigenvalue weighted by atomic mass is 9.84. The second kappa shape index (κ2) is 3.96. The van der Waals surface area contributed by atoms with Gasteiger partial charge >= 0.3 is 0 Å². The number of hydrogen-bond acceptors (Lipinski definition) is 1. The van der Waals surface area contributed by atoms with Crippen molar-refractivity contribution in [2.75, 3.05) is 0 Å². The average Bonchev–Trinajstić information content (AvgIpc) is 2.32. The first-order chi connectivity index (χ1) is 5.66. The van der Waals surface area contributed by atoms with Crippen LogP contribution in [0.15, 0.2) is 0 Å². The van der Waals surface area contributed by atoms with Crippen LogP contribution in [0, 0.1) is 17.3 Å². The van der Waals surface area contributed by atoms with Gasteiger partial charge in [-0.1, -0.05) is 6.92 Å². The molecule has 0 saturated heterocycles. The summed E-state index contributed by atoms with van der Waals surface area (Å²) in [4.78, 5) is 0. The van der Waals surface area contributed by atoms with Crippen molar-refractivity contribution >= 4 is 0 Å². The number of aliphatic hydroxyl groups excluding tert-OH is 1. The van der Waals surface area contributed by atoms with Crippen molar-refractivity contribution in [2.24, 2.45) is 5.41 Å². The van der Waals surface area contributed by atoms with Crippen molar-refractivity contribution in [3.05, 3.63) is 0 Å². The highest BCUT2D eigenvalue weighted by molar-refractivity contribution is 4.97. The topological polar surface area (TPSA) is 20.2 Å². The Morgan fingerprint density at radius 3 is 2.83 bits per heavy atom. The summed E-state index contributed by atoms with van der Waals surface area (Å²) in [6.45, 7) is 4.15. The van der Waals surface area contributed by atoms with Crippen molar-refractivity contribution in [1.29, 1.82) is 0 Å². The van der Waals surface area contributed by atoms with Crippen LogP contribution in [-0.4, -0.2) is 11.2 Å². The van der Waals surface area contributed by atoms with Gasteiger partial charge in [0.05, 0.1) is 6.10 Å². The molecule has 0 amide bonds. The van der Waals surface area contributed by atoms with Gasteiger partial charge in [-0.2, -0.15) is 0 Å². The first-order valence-electron chi connectivity index (χ1n) is 4.74. The van der Waals surface area contributed by atoms with E-state index in [0.717, 1.165) is 25.7 Å². The average molecular weight is 166 g/mol. The lowest BCUT2D eigenvalue weighted by molar-refractivity contribution is 0.161. The summed E-state index contributed by atoms with van der Waals surface area (Å²) in [6, 6.07) is 0. The molecule has 1 fully saturated rings. The van der Waals surface area contributed by atoms with E-state index in [0.29, 0.717) is 5.41 Å². The Balaban J connectivity index is 2.33. The van der Waals surface area contributed by atoms with Gasteiger partial charge in [0.2, 0.25) is 0 Å². The zero-order valence-corrected chi connectivity index (χ0v) is 8.06. The number of rotatable bonds is 2. The van der Waals surface area contributed by atoms with E-state index < -0.39 is 0 Å². The maximum atomic E-state index is 9.39. The fourth-order valence-electron chi connectivity index (χ4n) is 2.00. The summed E-state index contributed by atoms with van der Waals surface area (Å²) in [5, 5.41) is 9.39. The van der Waals surface area contributed by atoms with Crippen LogP contribution in [0.1, 0.15) is 46.0 Å². The van der Waals surface area contributed by atoms with Gasteiger partial charge < -0.3 is 5.11 Å². The van der Waals surface area contributed by atoms with Crippen molar-refractivity contribution in [1.82, 2.24) is 0 Å². The predicted molar refractivity (Wildman–Crippen MR) is 50.6 cm³/mol. The van der Waals surface area contributed by atoms with Crippen LogP contribution in [0.4, 0.5) is 0 Å². The highest BCUT2D eigenvalue weighted by Crippen LogP contribution is 2.41. The quantitative estimate of drug-likeness (QED) is 0.624. The molecule has 1 rings (SSSR count). The molecular weight excluding hydrogens is 148 g/mol. The Hall–Kier alpha value is -0.480. The van der Waals surface area contributed by atoms with Gasteiger partial charge in [0.15, 0.2) is 0 Å². The fraction of sp³-hybridized carbons (Fsp3) is 0.818. The van der Waals surface area contributed by atoms with E-state index in [1.165, 1.54) is 6.42 Å². The second-order valence-electron chi connectivity index (χ2n) is 4.13. The van der Waals surface area contributed by atoms with Crippen molar-refractivity contribution in [3.8, 4) is 11.8 Å². The van der Waals surface area contributed by atoms with E-state index in [9.17, 15) is 5.11 Å². The molecule has 1 N–H and O–H groups in total. The molecule has 1 aliphatic carbocycles. The van der Waals surface area contributed by atoms with Crippen LogP contribution >= 0.6 is 0 Å². The molecule has 0 aliphatic heterocycles. The highest BCUT2D eigenvalue weighted by Gasteiger charge is 2.33. The molecule has 0 bridgehead atoms. The molecule has 0 heterocycles. The van der Waals surface area contributed by atoms with E-state index in [-0.39, 0.29) is 6.10 Å². The minimum atomic E-state index is -0.0513. The maximum absolute atomic E-state index is 9.39. The summed E-state index contributed by atoms with van der Waals surface area (Å²) in [7, 11) is 0. The third-order valence-corrected chi connectivity index (χ3v) is 2.84. The molecule has 1 nitrogen and oxygen atoms in total. The maximum Gasteiger partial charge on any atom is 0.0545 e. The van der Waals surface area contributed by atoms with Gasteiger partial charge in [-0.15, -0.1) is 11.8 Å². The van der Waals surface area contributed by atoms with Crippen LogP contribution in [-0.2, 0) is 0 Å². The molecule has 0 aromatic carbocycles. The van der Waals surface area contributed by atoms with Crippen LogP contribution in [0.25, 0.3) is 0 Å². The molecular formula is C11H18O. The molecule has 1 aliphatic rings. The lowest BCUT2D eigenvalue weighted by Crippen LogP contribution is -2.12. The summed E-state index contributed by atoms with van der Waals surface area (Å²) in [5.41, 5.74) is 0.364. The Morgan fingerprint density at radius 2 is 2.33 bits per heavy atom. The monoisotopic (exact) mass is 166 g/mol. The van der Waals surface area contributed by atoms with E-state index in [2.05, 4.69) is 18.8 Å². The first kappa shape index (κ1) is 9.61. The minimum Gasteiger partial charge on any atom is -0.393 e. The molecule has 2 unspecified atom stereocenters. The largest absolute Gasteiger partial charge is 0.393 e. The molecule has 12 heavy (non-hydrogen) atoms. The Kier molecular flexibility index (Phi) is 3.17. The second-order valence-corrected chi connectivity index (χ2v) is 4.13. The minimum absolute atomic E-state index is 0.0513. The van der Waals surface area contributed by atoms with Gasteiger partial charge in [0.25, 0.3) is 0 Å². The van der Waals surface area contributed by atoms with Gasteiger partial charge in [-0.3, -0.25) is 0 Å². The summed E-state index contributed by atoms with van der Waals surface area (Å²) >= 11 is 0. The predicted octanol–water partition coefficient (Wildman–Crippen LogP) is 2.34. The zero-order valence-electron chi connectivity index (χ0n) is 8.06. The van der Waals surface area contributed by atoms with Gasteiger partial charge in [0.1, 0.15) is 0 Å². The molecule has 0 aromatic heterocycles. The van der Waals surface area contributed by atoms with Crippen molar-refractivity contribution in [2.45, 2.75) is 52.1 Å².